The number of carbonyl (C=O) groups is 3. The second kappa shape index (κ2) is 9.88. The van der Waals surface area contributed by atoms with Gasteiger partial charge in [0.25, 0.3) is 5.91 Å². The third-order valence-electron chi connectivity index (χ3n) is 7.57. The number of phenols is 1. The molecule has 0 aliphatic heterocycles. The first-order valence-electron chi connectivity index (χ1n) is 11.6. The van der Waals surface area contributed by atoms with Gasteiger partial charge in [-0.3, -0.25) is 19.3 Å². The van der Waals surface area contributed by atoms with E-state index in [0.717, 1.165) is 0 Å². The Bertz CT molecular complexity index is 1220. The second-order valence-electron chi connectivity index (χ2n) is 10.00. The number of ketones is 2. The zero-order chi connectivity index (χ0) is 26.7. The molecule has 1 amide bonds. The Hall–Kier alpha value is -3.28. The maximum absolute atomic E-state index is 13.8. The summed E-state index contributed by atoms with van der Waals surface area (Å²) in [7, 11) is 3.09. The maximum atomic E-state index is 13.8. The monoisotopic (exact) mass is 519 g/mol. The number of amides is 1. The lowest BCUT2D eigenvalue weighted by Crippen LogP contribution is -2.65. The number of nitrogens with zero attached hydrogens (tertiary/aromatic N) is 1. The van der Waals surface area contributed by atoms with Crippen molar-refractivity contribution in [3.05, 3.63) is 45.7 Å². The minimum absolute atomic E-state index is 0. The summed E-state index contributed by atoms with van der Waals surface area (Å²) in [5.74, 6) is -6.91. The van der Waals surface area contributed by atoms with Gasteiger partial charge in [-0.15, -0.1) is 0 Å². The number of hydrogen-bond acceptors (Lipinski definition) is 9. The number of rotatable bonds is 6. The summed E-state index contributed by atoms with van der Waals surface area (Å²) in [5.41, 5.74) is 2.83. The molecule has 1 fully saturated rings. The highest BCUT2D eigenvalue weighted by atomic mass is 19.1. The number of alkyl halides is 1. The highest BCUT2D eigenvalue weighted by molar-refractivity contribution is 6.24. The summed E-state index contributed by atoms with van der Waals surface area (Å²) < 4.78 is 13.0. The molecule has 0 bridgehead atoms. The molecule has 0 heterocycles. The lowest BCUT2D eigenvalue weighted by Gasteiger charge is -2.50. The van der Waals surface area contributed by atoms with E-state index in [4.69, 9.17) is 5.73 Å². The molecule has 5 atom stereocenters. The number of aliphatic hydroxyl groups is 3. The molecule has 37 heavy (non-hydrogen) atoms. The number of fused-ring (bicyclic) bond motifs is 3. The molecular weight excluding hydrogens is 485 g/mol. The summed E-state index contributed by atoms with van der Waals surface area (Å²) in [4.78, 5) is 40.3. The minimum Gasteiger partial charge on any atom is -0.508 e. The van der Waals surface area contributed by atoms with Crippen LogP contribution in [0, 0.1) is 11.8 Å². The second-order valence-corrected chi connectivity index (χ2v) is 10.00. The third-order valence-corrected chi connectivity index (χ3v) is 7.57. The van der Waals surface area contributed by atoms with Gasteiger partial charge in [0.15, 0.2) is 11.4 Å². The Morgan fingerprint density at radius 2 is 1.92 bits per heavy atom. The van der Waals surface area contributed by atoms with Gasteiger partial charge >= 0.3 is 0 Å². The topological polar surface area (TPSA) is 173 Å². The Balaban J connectivity index is 0.00000380. The highest BCUT2D eigenvalue weighted by Gasteiger charge is 2.64. The molecule has 2 unspecified atom stereocenters. The molecule has 0 spiro atoms. The summed E-state index contributed by atoms with van der Waals surface area (Å²) in [6, 6.07) is 1.43. The molecule has 0 aromatic heterocycles. The summed E-state index contributed by atoms with van der Waals surface area (Å²) in [6.07, 6.45) is 0.194. The van der Waals surface area contributed by atoms with Crippen LogP contribution in [0.2, 0.25) is 0 Å². The van der Waals surface area contributed by atoms with E-state index in [1.807, 2.05) is 0 Å². The number of hydrogen-bond donors (Lipinski definition) is 6. The van der Waals surface area contributed by atoms with Gasteiger partial charge in [0.2, 0.25) is 5.78 Å². The predicted octanol–water partition coefficient (Wildman–Crippen LogP) is 1.05. The highest BCUT2D eigenvalue weighted by Crippen LogP contribution is 2.52. The molecule has 10 nitrogen and oxygen atoms in total. The molecule has 1 saturated carbocycles. The van der Waals surface area contributed by atoms with Gasteiger partial charge in [-0.1, -0.05) is 13.5 Å². The fraction of sp³-hybridized carbons (Fsp3) is 0.500. The molecule has 0 radical (unpaired) electrons. The zero-order valence-corrected chi connectivity index (χ0v) is 20.2. The van der Waals surface area contributed by atoms with Crippen molar-refractivity contribution in [2.75, 3.05) is 20.8 Å². The number of likely N-dealkylation sites (N-methyl/N-ethyl adjacent to an activating group) is 1. The normalized spacial score (nSPS) is 27.9. The predicted molar refractivity (Wildman–Crippen MR) is 133 cm³/mol. The number of benzene rings is 1. The van der Waals surface area contributed by atoms with Crippen molar-refractivity contribution >= 4 is 23.2 Å². The van der Waals surface area contributed by atoms with Crippen LogP contribution in [-0.2, 0) is 27.3 Å². The van der Waals surface area contributed by atoms with Crippen LogP contribution in [0.1, 0.15) is 37.5 Å². The van der Waals surface area contributed by atoms with Crippen LogP contribution < -0.4 is 11.1 Å². The van der Waals surface area contributed by atoms with Crippen molar-refractivity contribution < 1.29 is 39.2 Å². The number of aliphatic hydroxyl groups excluding tert-OH is 2. The zero-order valence-electron chi connectivity index (χ0n) is 20.2. The van der Waals surface area contributed by atoms with E-state index in [1.54, 1.807) is 27.1 Å². The van der Waals surface area contributed by atoms with Gasteiger partial charge in [-0.2, -0.15) is 0 Å². The number of aromatic hydroxyl groups is 1. The molecule has 1 aromatic rings. The number of carbonyl (C=O) groups excluding carboxylic acids is 3. The van der Waals surface area contributed by atoms with E-state index >= 15 is 0 Å². The van der Waals surface area contributed by atoms with Crippen molar-refractivity contribution in [1.82, 2.24) is 10.2 Å². The number of phenolic OH excluding ortho intramolecular Hbond substituents is 1. The van der Waals surface area contributed by atoms with Crippen molar-refractivity contribution in [2.45, 2.75) is 51.4 Å². The molecule has 4 rings (SSSR count). The quantitative estimate of drug-likeness (QED) is 0.300. The van der Waals surface area contributed by atoms with Crippen molar-refractivity contribution in [1.29, 1.82) is 0 Å². The maximum Gasteiger partial charge on any atom is 0.255 e. The van der Waals surface area contributed by atoms with Gasteiger partial charge < -0.3 is 31.5 Å². The van der Waals surface area contributed by atoms with E-state index in [0.29, 0.717) is 11.1 Å². The number of nitrogens with one attached hydrogen (secondary N) is 1. The Morgan fingerprint density at radius 3 is 2.49 bits per heavy atom. The molecule has 0 saturated heterocycles. The van der Waals surface area contributed by atoms with E-state index in [9.17, 15) is 39.2 Å². The van der Waals surface area contributed by atoms with Crippen molar-refractivity contribution in [2.24, 2.45) is 17.6 Å². The molecule has 7 N–H and O–H groups in total. The van der Waals surface area contributed by atoms with Gasteiger partial charge in [-0.25, -0.2) is 4.39 Å². The molecular formula is C26H34FN3O7. The first-order chi connectivity index (χ1) is 16.9. The van der Waals surface area contributed by atoms with Crippen molar-refractivity contribution in [3.8, 4) is 5.75 Å². The van der Waals surface area contributed by atoms with Gasteiger partial charge in [0.05, 0.1) is 11.6 Å². The van der Waals surface area contributed by atoms with Crippen LogP contribution in [0.5, 0.6) is 5.75 Å². The first-order valence-corrected chi connectivity index (χ1v) is 11.6. The van der Waals surface area contributed by atoms with E-state index < -0.39 is 70.8 Å². The van der Waals surface area contributed by atoms with Crippen LogP contribution in [0.15, 0.2) is 29.0 Å². The van der Waals surface area contributed by atoms with Crippen LogP contribution >= 0.6 is 0 Å². The number of Topliss-reactive ketones (excluding diaryl/α,β-unsaturated/α-hetero) is 2. The minimum atomic E-state index is -2.67. The molecule has 3 aliphatic carbocycles. The van der Waals surface area contributed by atoms with E-state index in [2.05, 4.69) is 5.32 Å². The molecule has 3 aliphatic rings. The van der Waals surface area contributed by atoms with Gasteiger partial charge in [0.1, 0.15) is 29.5 Å². The number of halogens is 1. The smallest absolute Gasteiger partial charge is 0.255 e. The molecule has 11 heteroatoms. The SMILES string of the molecule is C.CC(CF)NCc1ccc(O)c2c1C[C@H]1C[C@H]3C(N(C)C)C(=O)C(C(N)=O)=C(O)[C@@]3(O)C(=O)C1=C2O. The fourth-order valence-electron chi connectivity index (χ4n) is 5.81. The number of nitrogens with two attached hydrogens (primary N) is 1. The lowest BCUT2D eigenvalue weighted by molar-refractivity contribution is -0.153. The summed E-state index contributed by atoms with van der Waals surface area (Å²) >= 11 is 0. The average Bonchev–Trinajstić information content (AvgIpc) is 2.80. The van der Waals surface area contributed by atoms with E-state index in [-0.39, 0.29) is 43.7 Å². The lowest BCUT2D eigenvalue weighted by atomic mass is 9.57. The van der Waals surface area contributed by atoms with Crippen LogP contribution in [0.3, 0.4) is 0 Å². The van der Waals surface area contributed by atoms with Gasteiger partial charge in [0, 0.05) is 24.1 Å². The van der Waals surface area contributed by atoms with Gasteiger partial charge in [-0.05, 0) is 57.0 Å². The van der Waals surface area contributed by atoms with Crippen LogP contribution in [-0.4, -0.2) is 81.3 Å². The van der Waals surface area contributed by atoms with Crippen LogP contribution in [0.25, 0.3) is 5.76 Å². The Kier molecular flexibility index (Phi) is 7.56. The molecule has 202 valence electrons. The first kappa shape index (κ1) is 28.3. The van der Waals surface area contributed by atoms with Crippen LogP contribution in [0.4, 0.5) is 4.39 Å². The number of primary amides is 1. The largest absolute Gasteiger partial charge is 0.508 e. The standard InChI is InChI=1S/C25H30FN3O7.CH4/c1-10(8-26)28-9-11-4-5-15(30)17-13(11)6-12-7-14-19(29(2)3)21(32)18(24(27)35)23(34)25(14,36)22(33)16(12)20(17)31;/h4-5,10,12,14,19,28,30-31,34,36H,6-9H2,1-3H3,(H2,27,35);1H4/t10?,12-,14-,19?,25-;/m0./s1. The molecule has 1 aromatic carbocycles. The average molecular weight is 520 g/mol. The van der Waals surface area contributed by atoms with Crippen molar-refractivity contribution in [3.63, 3.8) is 0 Å². The summed E-state index contributed by atoms with van der Waals surface area (Å²) in [5, 5.41) is 47.2. The summed E-state index contributed by atoms with van der Waals surface area (Å²) in [6.45, 7) is 1.33. The Labute approximate surface area is 214 Å². The fourth-order valence-corrected chi connectivity index (χ4v) is 5.81. The third kappa shape index (κ3) is 4.11. The van der Waals surface area contributed by atoms with E-state index in [1.165, 1.54) is 11.0 Å². The Morgan fingerprint density at radius 1 is 1.27 bits per heavy atom.